The van der Waals surface area contributed by atoms with Crippen LogP contribution in [0.2, 0.25) is 10.0 Å². The van der Waals surface area contributed by atoms with Gasteiger partial charge >= 0.3 is 0 Å². The fraction of sp³-hybridized carbons (Fsp3) is 0.438. The Labute approximate surface area is 134 Å². The van der Waals surface area contributed by atoms with E-state index in [4.69, 9.17) is 23.2 Å². The molecule has 112 valence electrons. The zero-order valence-corrected chi connectivity index (χ0v) is 13.2. The molecule has 3 nitrogen and oxygen atoms in total. The fourth-order valence-corrected chi connectivity index (χ4v) is 3.45. The summed E-state index contributed by atoms with van der Waals surface area (Å²) in [5.74, 6) is 0.595. The van der Waals surface area contributed by atoms with Gasteiger partial charge in [-0.3, -0.25) is 4.79 Å². The van der Waals surface area contributed by atoms with E-state index in [0.717, 1.165) is 12.1 Å². The molecule has 2 bridgehead atoms. The molecule has 3 aliphatic rings. The Morgan fingerprint density at radius 1 is 1.24 bits per heavy atom. The molecule has 3 fully saturated rings. The van der Waals surface area contributed by atoms with Crippen molar-refractivity contribution in [3.8, 4) is 0 Å². The van der Waals surface area contributed by atoms with E-state index in [9.17, 15) is 4.79 Å². The van der Waals surface area contributed by atoms with E-state index >= 15 is 0 Å². The average molecular weight is 325 g/mol. The van der Waals surface area contributed by atoms with E-state index in [-0.39, 0.29) is 5.91 Å². The van der Waals surface area contributed by atoms with Crippen LogP contribution in [0.15, 0.2) is 24.3 Å². The van der Waals surface area contributed by atoms with Crippen LogP contribution in [0, 0.1) is 5.92 Å². The molecule has 3 aliphatic heterocycles. The first-order valence-corrected chi connectivity index (χ1v) is 8.03. The van der Waals surface area contributed by atoms with E-state index in [1.807, 2.05) is 6.07 Å². The van der Waals surface area contributed by atoms with Gasteiger partial charge in [0, 0.05) is 18.7 Å². The zero-order chi connectivity index (χ0) is 14.8. The highest BCUT2D eigenvalue weighted by Gasteiger charge is 2.34. The maximum atomic E-state index is 12.0. The molecule has 1 unspecified atom stereocenters. The quantitative estimate of drug-likeness (QED) is 0.866. The summed E-state index contributed by atoms with van der Waals surface area (Å²) >= 11 is 11.8. The summed E-state index contributed by atoms with van der Waals surface area (Å²) in [6, 6.07) is 5.61. The molecule has 1 aromatic carbocycles. The lowest BCUT2D eigenvalue weighted by Gasteiger charge is -2.44. The molecule has 1 amide bonds. The standard InChI is InChI=1S/C16H18Cl2N2O/c17-13-3-1-11(9-14(13)18)2-4-16(21)19-15-10-20-7-5-12(15)6-8-20/h1-4,9,12,15H,5-8,10H2,(H,19,21). The van der Waals surface area contributed by atoms with Crippen LogP contribution in [-0.2, 0) is 4.79 Å². The van der Waals surface area contributed by atoms with E-state index < -0.39 is 0 Å². The van der Waals surface area contributed by atoms with Gasteiger partial charge in [-0.1, -0.05) is 29.3 Å². The molecule has 4 rings (SSSR count). The van der Waals surface area contributed by atoms with Crippen LogP contribution >= 0.6 is 23.2 Å². The van der Waals surface area contributed by atoms with Gasteiger partial charge < -0.3 is 10.2 Å². The van der Waals surface area contributed by atoms with Gasteiger partial charge in [0.05, 0.1) is 10.0 Å². The van der Waals surface area contributed by atoms with Crippen LogP contribution in [-0.4, -0.2) is 36.5 Å². The molecule has 3 heterocycles. The Bertz CT molecular complexity index is 565. The van der Waals surface area contributed by atoms with Gasteiger partial charge in [-0.05, 0) is 55.6 Å². The molecular weight excluding hydrogens is 307 g/mol. The molecule has 1 atom stereocenters. The van der Waals surface area contributed by atoms with Crippen molar-refractivity contribution >= 4 is 35.2 Å². The fourth-order valence-electron chi connectivity index (χ4n) is 3.15. The number of nitrogens with zero attached hydrogens (tertiary/aromatic N) is 1. The molecule has 0 saturated carbocycles. The molecule has 0 aliphatic carbocycles. The molecule has 21 heavy (non-hydrogen) atoms. The van der Waals surface area contributed by atoms with Gasteiger partial charge in [-0.15, -0.1) is 0 Å². The smallest absolute Gasteiger partial charge is 0.244 e. The van der Waals surface area contributed by atoms with Crippen molar-refractivity contribution in [3.63, 3.8) is 0 Å². The number of nitrogens with one attached hydrogen (secondary N) is 1. The number of rotatable bonds is 3. The summed E-state index contributed by atoms with van der Waals surface area (Å²) in [7, 11) is 0. The third-order valence-corrected chi connectivity index (χ3v) is 5.09. The van der Waals surface area contributed by atoms with Crippen LogP contribution in [0.1, 0.15) is 18.4 Å². The predicted octanol–water partition coefficient (Wildman–Crippen LogP) is 3.22. The number of amides is 1. The summed E-state index contributed by atoms with van der Waals surface area (Å²) in [5.41, 5.74) is 0.869. The Kier molecular flexibility index (Phi) is 4.53. The summed E-state index contributed by atoms with van der Waals surface area (Å²) in [5, 5.41) is 4.14. The van der Waals surface area contributed by atoms with Crippen molar-refractivity contribution in [2.24, 2.45) is 5.92 Å². The lowest BCUT2D eigenvalue weighted by atomic mass is 9.84. The minimum atomic E-state index is -0.0418. The number of halogens is 2. The maximum absolute atomic E-state index is 12.0. The molecule has 1 aromatic rings. The van der Waals surface area contributed by atoms with E-state index in [1.165, 1.54) is 25.9 Å². The van der Waals surface area contributed by atoms with Crippen molar-refractivity contribution in [2.45, 2.75) is 18.9 Å². The first-order valence-electron chi connectivity index (χ1n) is 7.28. The van der Waals surface area contributed by atoms with Crippen LogP contribution < -0.4 is 5.32 Å². The monoisotopic (exact) mass is 324 g/mol. The van der Waals surface area contributed by atoms with Crippen LogP contribution in [0.25, 0.3) is 6.08 Å². The SMILES string of the molecule is O=C(C=Cc1ccc(Cl)c(Cl)c1)NC1CN2CCC1CC2. The van der Waals surface area contributed by atoms with Gasteiger partial charge in [0.1, 0.15) is 0 Å². The summed E-state index contributed by atoms with van der Waals surface area (Å²) < 4.78 is 0. The van der Waals surface area contributed by atoms with Gasteiger partial charge in [0.15, 0.2) is 0 Å². The Hall–Kier alpha value is -1.03. The minimum Gasteiger partial charge on any atom is -0.348 e. The molecule has 0 spiro atoms. The largest absolute Gasteiger partial charge is 0.348 e. The van der Waals surface area contributed by atoms with Crippen molar-refractivity contribution < 1.29 is 4.79 Å². The maximum Gasteiger partial charge on any atom is 0.244 e. The Morgan fingerprint density at radius 3 is 2.62 bits per heavy atom. The van der Waals surface area contributed by atoms with E-state index in [2.05, 4.69) is 10.2 Å². The van der Waals surface area contributed by atoms with Gasteiger partial charge in [-0.2, -0.15) is 0 Å². The van der Waals surface area contributed by atoms with Crippen LogP contribution in [0.3, 0.4) is 0 Å². The number of hydrogen-bond acceptors (Lipinski definition) is 2. The second kappa shape index (κ2) is 6.39. The predicted molar refractivity (Wildman–Crippen MR) is 86.6 cm³/mol. The molecule has 0 aromatic heterocycles. The molecule has 5 heteroatoms. The van der Waals surface area contributed by atoms with Crippen molar-refractivity contribution in [1.29, 1.82) is 0 Å². The number of carbonyl (C=O) groups excluding carboxylic acids is 1. The third kappa shape index (κ3) is 3.60. The summed E-state index contributed by atoms with van der Waals surface area (Å²) in [6.07, 6.45) is 5.72. The van der Waals surface area contributed by atoms with E-state index in [0.29, 0.717) is 22.0 Å². The van der Waals surface area contributed by atoms with Crippen LogP contribution in [0.4, 0.5) is 0 Å². The van der Waals surface area contributed by atoms with Crippen molar-refractivity contribution in [1.82, 2.24) is 10.2 Å². The lowest BCUT2D eigenvalue weighted by molar-refractivity contribution is -0.118. The van der Waals surface area contributed by atoms with E-state index in [1.54, 1.807) is 24.3 Å². The highest BCUT2D eigenvalue weighted by Crippen LogP contribution is 2.27. The van der Waals surface area contributed by atoms with Gasteiger partial charge in [-0.25, -0.2) is 0 Å². The minimum absolute atomic E-state index is 0.0418. The Balaban J connectivity index is 1.58. The van der Waals surface area contributed by atoms with Crippen molar-refractivity contribution in [2.75, 3.05) is 19.6 Å². The Morgan fingerprint density at radius 2 is 2.00 bits per heavy atom. The second-order valence-electron chi connectivity index (χ2n) is 5.76. The van der Waals surface area contributed by atoms with Gasteiger partial charge in [0.2, 0.25) is 5.91 Å². The molecule has 1 N–H and O–H groups in total. The highest BCUT2D eigenvalue weighted by molar-refractivity contribution is 6.42. The topological polar surface area (TPSA) is 32.3 Å². The summed E-state index contributed by atoms with van der Waals surface area (Å²) in [4.78, 5) is 14.5. The number of carbonyl (C=O) groups is 1. The number of hydrogen-bond donors (Lipinski definition) is 1. The highest BCUT2D eigenvalue weighted by atomic mass is 35.5. The third-order valence-electron chi connectivity index (χ3n) is 4.35. The number of fused-ring (bicyclic) bond motifs is 3. The number of benzene rings is 1. The second-order valence-corrected chi connectivity index (χ2v) is 6.57. The van der Waals surface area contributed by atoms with Crippen molar-refractivity contribution in [3.05, 3.63) is 39.9 Å². The normalized spacial score (nSPS) is 28.0. The first-order chi connectivity index (χ1) is 10.1. The zero-order valence-electron chi connectivity index (χ0n) is 11.7. The summed E-state index contributed by atoms with van der Waals surface area (Å²) in [6.45, 7) is 3.34. The molecule has 0 radical (unpaired) electrons. The number of piperidine rings is 3. The van der Waals surface area contributed by atoms with Crippen LogP contribution in [0.5, 0.6) is 0 Å². The lowest BCUT2D eigenvalue weighted by Crippen LogP contribution is -2.57. The molecular formula is C16H18Cl2N2O. The molecule has 3 saturated heterocycles. The first kappa shape index (κ1) is 14.9. The average Bonchev–Trinajstić information content (AvgIpc) is 2.50. The van der Waals surface area contributed by atoms with Gasteiger partial charge in [0.25, 0.3) is 0 Å².